The summed E-state index contributed by atoms with van der Waals surface area (Å²) in [6, 6.07) is 0.138. The molecule has 1 aliphatic carbocycles. The van der Waals surface area contributed by atoms with E-state index in [1.807, 2.05) is 16.7 Å². The van der Waals surface area contributed by atoms with Crippen LogP contribution in [-0.4, -0.2) is 56.6 Å². The minimum Gasteiger partial charge on any atom is -0.390 e. The lowest BCUT2D eigenvalue weighted by atomic mass is 9.70. The van der Waals surface area contributed by atoms with Crippen LogP contribution in [0.4, 0.5) is 10.6 Å². The summed E-state index contributed by atoms with van der Waals surface area (Å²) in [5.41, 5.74) is 0.171. The Balaban J connectivity index is 1.73. The van der Waals surface area contributed by atoms with Gasteiger partial charge in [-0.05, 0) is 44.9 Å². The quantitative estimate of drug-likeness (QED) is 0.786. The molecule has 1 aromatic rings. The van der Waals surface area contributed by atoms with Gasteiger partial charge in [-0.2, -0.15) is 0 Å². The van der Waals surface area contributed by atoms with Gasteiger partial charge < -0.3 is 10.1 Å². The van der Waals surface area contributed by atoms with Crippen LogP contribution in [0.5, 0.6) is 0 Å². The van der Waals surface area contributed by atoms with Gasteiger partial charge in [0.1, 0.15) is 11.5 Å². The third-order valence-corrected chi connectivity index (χ3v) is 7.29. The number of carbonyl (C=O) groups excluding carboxylic acids is 1. The summed E-state index contributed by atoms with van der Waals surface area (Å²) < 4.78 is 0. The number of anilines is 1. The lowest BCUT2D eigenvalue weighted by Gasteiger charge is -2.39. The number of aromatic nitrogens is 2. The number of nitrogens with one attached hydrogen (secondary N) is 1. The van der Waals surface area contributed by atoms with Gasteiger partial charge in [-0.25, -0.2) is 9.78 Å². The SMILES string of the molecule is CCCN1C(=O)N2CC(C(C)CC)N=C2c2[nH]c(C3(C)CCC(C)(O)CC3)nc21. The van der Waals surface area contributed by atoms with Crippen molar-refractivity contribution in [1.29, 1.82) is 0 Å². The number of rotatable bonds is 5. The number of imidazole rings is 1. The van der Waals surface area contributed by atoms with Crippen LogP contribution in [0.1, 0.15) is 84.7 Å². The van der Waals surface area contributed by atoms with Crippen LogP contribution >= 0.6 is 0 Å². The van der Waals surface area contributed by atoms with Gasteiger partial charge in [-0.15, -0.1) is 0 Å². The molecule has 3 heterocycles. The summed E-state index contributed by atoms with van der Waals surface area (Å²) in [7, 11) is 0. The van der Waals surface area contributed by atoms with E-state index in [2.05, 4.69) is 32.7 Å². The molecule has 2 atom stereocenters. The number of amidine groups is 1. The fourth-order valence-corrected chi connectivity index (χ4v) is 4.73. The van der Waals surface area contributed by atoms with Crippen molar-refractivity contribution in [2.45, 2.75) is 90.2 Å². The van der Waals surface area contributed by atoms with Crippen molar-refractivity contribution in [3.05, 3.63) is 11.5 Å². The Labute approximate surface area is 173 Å². The average molecular weight is 402 g/mol. The molecule has 1 saturated carbocycles. The number of urea groups is 1. The molecule has 2 unspecified atom stereocenters. The molecule has 1 aromatic heterocycles. The first-order chi connectivity index (χ1) is 13.7. The third-order valence-electron chi connectivity index (χ3n) is 7.29. The Morgan fingerprint density at radius 2 is 1.93 bits per heavy atom. The maximum atomic E-state index is 13.3. The molecular formula is C22H35N5O2. The lowest BCUT2D eigenvalue weighted by Crippen LogP contribution is -2.50. The molecule has 0 spiro atoms. The summed E-state index contributed by atoms with van der Waals surface area (Å²) in [5, 5.41) is 10.4. The van der Waals surface area contributed by atoms with Crippen molar-refractivity contribution in [1.82, 2.24) is 14.9 Å². The smallest absolute Gasteiger partial charge is 0.331 e. The first kappa shape index (κ1) is 20.4. The molecule has 160 valence electrons. The minimum atomic E-state index is -0.591. The molecule has 0 bridgehead atoms. The van der Waals surface area contributed by atoms with Crippen molar-refractivity contribution in [3.8, 4) is 0 Å². The van der Waals surface area contributed by atoms with Crippen molar-refractivity contribution in [2.75, 3.05) is 18.0 Å². The summed E-state index contributed by atoms with van der Waals surface area (Å²) in [4.78, 5) is 30.4. The number of fused-ring (bicyclic) bond motifs is 3. The molecule has 1 fully saturated rings. The number of aromatic amines is 1. The summed E-state index contributed by atoms with van der Waals surface area (Å²) in [6.07, 6.45) is 5.19. The highest BCUT2D eigenvalue weighted by Crippen LogP contribution is 2.43. The molecule has 7 nitrogen and oxygen atoms in total. The van der Waals surface area contributed by atoms with Crippen LogP contribution in [-0.2, 0) is 5.41 Å². The highest BCUT2D eigenvalue weighted by Gasteiger charge is 2.46. The predicted octanol–water partition coefficient (Wildman–Crippen LogP) is 3.82. The Morgan fingerprint density at radius 3 is 2.55 bits per heavy atom. The van der Waals surface area contributed by atoms with Crippen LogP contribution in [0, 0.1) is 5.92 Å². The number of hydrogen-bond donors (Lipinski definition) is 2. The van der Waals surface area contributed by atoms with Crippen LogP contribution in [0.15, 0.2) is 4.99 Å². The topological polar surface area (TPSA) is 84.8 Å². The summed E-state index contributed by atoms with van der Waals surface area (Å²) >= 11 is 0. The standard InChI is InChI=1S/C22H35N5O2/c1-6-12-26-18-16(17-23-15(14(3)7-2)13-27(17)20(26)28)24-19(25-18)21(4)8-10-22(5,29)11-9-21/h14-15,29H,6-13H2,1-5H3,(H,24,25). The van der Waals surface area contributed by atoms with E-state index in [9.17, 15) is 9.90 Å². The maximum Gasteiger partial charge on any atom is 0.331 e. The lowest BCUT2D eigenvalue weighted by molar-refractivity contribution is 0.00179. The molecule has 3 aliphatic rings. The monoisotopic (exact) mass is 401 g/mol. The molecular weight excluding hydrogens is 366 g/mol. The largest absolute Gasteiger partial charge is 0.390 e. The molecule has 0 radical (unpaired) electrons. The van der Waals surface area contributed by atoms with Crippen LogP contribution in [0.3, 0.4) is 0 Å². The number of aliphatic hydroxyl groups is 1. The number of amides is 2. The van der Waals surface area contributed by atoms with Gasteiger partial charge in [0.25, 0.3) is 0 Å². The van der Waals surface area contributed by atoms with E-state index >= 15 is 0 Å². The van der Waals surface area contributed by atoms with E-state index in [-0.39, 0.29) is 17.5 Å². The van der Waals surface area contributed by atoms with Crippen molar-refractivity contribution in [2.24, 2.45) is 10.9 Å². The molecule has 29 heavy (non-hydrogen) atoms. The normalized spacial score (nSPS) is 32.8. The van der Waals surface area contributed by atoms with E-state index < -0.39 is 5.60 Å². The van der Waals surface area contributed by atoms with Gasteiger partial charge in [0.2, 0.25) is 0 Å². The van der Waals surface area contributed by atoms with E-state index in [0.29, 0.717) is 19.0 Å². The van der Waals surface area contributed by atoms with Gasteiger partial charge in [0, 0.05) is 12.0 Å². The van der Waals surface area contributed by atoms with Crippen molar-refractivity contribution in [3.63, 3.8) is 0 Å². The van der Waals surface area contributed by atoms with Gasteiger partial charge in [-0.3, -0.25) is 14.8 Å². The average Bonchev–Trinajstić information content (AvgIpc) is 3.32. The fourth-order valence-electron chi connectivity index (χ4n) is 4.73. The second kappa shape index (κ2) is 7.11. The molecule has 2 amide bonds. The minimum absolute atomic E-state index is 0.00122. The highest BCUT2D eigenvalue weighted by atomic mass is 16.3. The number of hydrogen-bond acceptors (Lipinski definition) is 4. The third kappa shape index (κ3) is 3.37. The van der Waals surface area contributed by atoms with E-state index in [4.69, 9.17) is 9.98 Å². The number of H-pyrrole nitrogens is 1. The molecule has 7 heteroatoms. The molecule has 4 rings (SSSR count). The fraction of sp³-hybridized carbons (Fsp3) is 0.773. The van der Waals surface area contributed by atoms with Crippen LogP contribution in [0.2, 0.25) is 0 Å². The Morgan fingerprint density at radius 1 is 1.24 bits per heavy atom. The van der Waals surface area contributed by atoms with Gasteiger partial charge in [-0.1, -0.05) is 34.1 Å². The van der Waals surface area contributed by atoms with E-state index in [0.717, 1.165) is 61.7 Å². The number of aliphatic imine (C=N–C) groups is 1. The summed E-state index contributed by atoms with van der Waals surface area (Å²) in [5.74, 6) is 2.84. The Kier molecular flexibility index (Phi) is 5.00. The molecule has 0 saturated heterocycles. The zero-order chi connectivity index (χ0) is 21.0. The Hall–Kier alpha value is -1.89. The van der Waals surface area contributed by atoms with Crippen LogP contribution < -0.4 is 4.90 Å². The maximum absolute atomic E-state index is 13.3. The van der Waals surface area contributed by atoms with E-state index in [1.54, 1.807) is 0 Å². The first-order valence-electron chi connectivity index (χ1n) is 11.2. The molecule has 2 N–H and O–H groups in total. The zero-order valence-electron chi connectivity index (χ0n) is 18.5. The predicted molar refractivity (Wildman–Crippen MR) is 115 cm³/mol. The van der Waals surface area contributed by atoms with Crippen LogP contribution in [0.25, 0.3) is 0 Å². The first-order valence-corrected chi connectivity index (χ1v) is 11.2. The van der Waals surface area contributed by atoms with Gasteiger partial charge in [0.15, 0.2) is 11.7 Å². The highest BCUT2D eigenvalue weighted by molar-refractivity contribution is 6.18. The number of nitrogens with zero attached hydrogens (tertiary/aromatic N) is 4. The summed E-state index contributed by atoms with van der Waals surface area (Å²) in [6.45, 7) is 11.9. The van der Waals surface area contributed by atoms with E-state index in [1.165, 1.54) is 0 Å². The second-order valence-electron chi connectivity index (χ2n) is 9.79. The molecule has 2 aliphatic heterocycles. The van der Waals surface area contributed by atoms with Crippen molar-refractivity contribution >= 4 is 17.7 Å². The molecule has 0 aromatic carbocycles. The second-order valence-corrected chi connectivity index (χ2v) is 9.79. The van der Waals surface area contributed by atoms with Crippen molar-refractivity contribution < 1.29 is 9.90 Å². The van der Waals surface area contributed by atoms with Gasteiger partial charge >= 0.3 is 6.03 Å². The van der Waals surface area contributed by atoms with Gasteiger partial charge in [0.05, 0.1) is 18.2 Å². The Bertz CT molecular complexity index is 817. The number of carbonyl (C=O) groups is 1. The zero-order valence-corrected chi connectivity index (χ0v) is 18.5.